The zero-order valence-electron chi connectivity index (χ0n) is 9.12. The topological polar surface area (TPSA) is 94.9 Å². The molecule has 0 aliphatic carbocycles. The average molecular weight is 287 g/mol. The van der Waals surface area contributed by atoms with Crippen LogP contribution in [0.5, 0.6) is 0 Å². The van der Waals surface area contributed by atoms with Crippen LogP contribution in [-0.4, -0.2) is 29.0 Å². The highest BCUT2D eigenvalue weighted by atomic mass is 35.5. The molecular weight excluding hydrogens is 279 g/mol. The van der Waals surface area contributed by atoms with Crippen LogP contribution in [0.1, 0.15) is 6.42 Å². The first kappa shape index (κ1) is 12.9. The van der Waals surface area contributed by atoms with Crippen molar-refractivity contribution < 1.29 is 4.79 Å². The van der Waals surface area contributed by atoms with Crippen molar-refractivity contribution in [2.45, 2.75) is 6.42 Å². The number of halogens is 2. The number of azide groups is 1. The first-order chi connectivity index (χ1) is 8.63. The van der Waals surface area contributed by atoms with E-state index in [4.69, 9.17) is 28.7 Å². The van der Waals surface area contributed by atoms with E-state index in [1.165, 1.54) is 11.2 Å². The molecule has 0 saturated carbocycles. The Kier molecular flexibility index (Phi) is 3.86. The van der Waals surface area contributed by atoms with Crippen LogP contribution in [0.3, 0.4) is 0 Å². The Bertz CT molecular complexity index is 510. The van der Waals surface area contributed by atoms with Gasteiger partial charge >= 0.3 is 0 Å². The molecule has 1 saturated heterocycles. The molecule has 0 radical (unpaired) electrons. The van der Waals surface area contributed by atoms with Crippen molar-refractivity contribution in [3.8, 4) is 0 Å². The predicted octanol–water partition coefficient (Wildman–Crippen LogP) is 2.45. The Morgan fingerprint density at radius 3 is 2.78 bits per heavy atom. The summed E-state index contributed by atoms with van der Waals surface area (Å²) in [6, 6.07) is 0. The minimum absolute atomic E-state index is 0.0410. The van der Waals surface area contributed by atoms with Gasteiger partial charge in [0.15, 0.2) is 10.3 Å². The lowest BCUT2D eigenvalue weighted by Crippen LogP contribution is -2.26. The van der Waals surface area contributed by atoms with Crippen LogP contribution in [0, 0.1) is 5.92 Å². The Hall–Kier alpha value is -1.56. The number of carbonyl (C=O) groups excluding carboxylic acids is 1. The zero-order chi connectivity index (χ0) is 13.1. The fourth-order valence-electron chi connectivity index (χ4n) is 1.83. The van der Waals surface area contributed by atoms with E-state index in [0.717, 1.165) is 0 Å². The molecule has 0 bridgehead atoms. The Labute approximate surface area is 112 Å². The van der Waals surface area contributed by atoms with Crippen molar-refractivity contribution in [2.75, 3.05) is 18.0 Å². The van der Waals surface area contributed by atoms with E-state index in [9.17, 15) is 4.79 Å². The number of aromatic nitrogens is 2. The molecule has 2 heterocycles. The lowest BCUT2D eigenvalue weighted by atomic mass is 10.1. The number of nitrogens with zero attached hydrogens (tertiary/aromatic N) is 6. The summed E-state index contributed by atoms with van der Waals surface area (Å²) >= 11 is 11.8. The second-order valence-electron chi connectivity index (χ2n) is 3.79. The maximum Gasteiger partial charge on any atom is 0.227 e. The van der Waals surface area contributed by atoms with E-state index in [-0.39, 0.29) is 28.7 Å². The maximum atomic E-state index is 11.9. The summed E-state index contributed by atoms with van der Waals surface area (Å²) < 4.78 is 0. The van der Waals surface area contributed by atoms with Crippen LogP contribution in [0.2, 0.25) is 10.3 Å². The van der Waals surface area contributed by atoms with Gasteiger partial charge in [0.2, 0.25) is 5.91 Å². The Morgan fingerprint density at radius 1 is 1.50 bits per heavy atom. The molecule has 94 valence electrons. The molecule has 1 aliphatic heterocycles. The molecule has 0 N–H and O–H groups in total. The van der Waals surface area contributed by atoms with Gasteiger partial charge in [0.05, 0.1) is 0 Å². The summed E-state index contributed by atoms with van der Waals surface area (Å²) in [7, 11) is 0. The summed E-state index contributed by atoms with van der Waals surface area (Å²) in [6.45, 7) is 0.659. The number of amides is 1. The highest BCUT2D eigenvalue weighted by molar-refractivity contribution is 6.38. The molecule has 1 aromatic rings. The molecule has 1 aromatic heterocycles. The number of hydrogen-bond acceptors (Lipinski definition) is 4. The molecule has 1 fully saturated rings. The highest BCUT2D eigenvalue weighted by Gasteiger charge is 2.33. The van der Waals surface area contributed by atoms with E-state index >= 15 is 0 Å². The van der Waals surface area contributed by atoms with E-state index < -0.39 is 0 Å². The summed E-state index contributed by atoms with van der Waals surface area (Å²) in [5.41, 5.74) is 8.58. The minimum atomic E-state index is -0.133. The number of rotatable bonds is 3. The average Bonchev–Trinajstić information content (AvgIpc) is 2.68. The first-order valence-corrected chi connectivity index (χ1v) is 5.86. The molecule has 7 nitrogen and oxygen atoms in total. The van der Waals surface area contributed by atoms with Crippen molar-refractivity contribution in [2.24, 2.45) is 11.0 Å². The smallest absolute Gasteiger partial charge is 0.227 e. The number of carbonyl (C=O) groups is 1. The largest absolute Gasteiger partial charge is 0.307 e. The van der Waals surface area contributed by atoms with Crippen molar-refractivity contribution in [1.82, 2.24) is 9.97 Å². The molecule has 18 heavy (non-hydrogen) atoms. The Morgan fingerprint density at radius 2 is 2.17 bits per heavy atom. The third-order valence-electron chi connectivity index (χ3n) is 2.61. The van der Waals surface area contributed by atoms with Crippen molar-refractivity contribution >= 4 is 34.8 Å². The van der Waals surface area contributed by atoms with Gasteiger partial charge in [0.25, 0.3) is 0 Å². The van der Waals surface area contributed by atoms with Gasteiger partial charge in [-0.3, -0.25) is 4.79 Å². The quantitative estimate of drug-likeness (QED) is 0.369. The summed E-state index contributed by atoms with van der Waals surface area (Å²) in [4.78, 5) is 23.6. The normalized spacial score (nSPS) is 18.9. The third kappa shape index (κ3) is 2.48. The standard InChI is InChI=1S/C9H8Cl2N6O/c10-8-7(9(11)14-4-13-8)17-3-5(1-6(17)18)2-15-16-12/h4-5H,1-3H2. The fourth-order valence-corrected chi connectivity index (χ4v) is 2.35. The van der Waals surface area contributed by atoms with Crippen molar-refractivity contribution in [3.05, 3.63) is 27.1 Å². The van der Waals surface area contributed by atoms with Gasteiger partial charge in [0, 0.05) is 24.4 Å². The van der Waals surface area contributed by atoms with Crippen molar-refractivity contribution in [1.29, 1.82) is 0 Å². The van der Waals surface area contributed by atoms with E-state index in [2.05, 4.69) is 20.0 Å². The third-order valence-corrected chi connectivity index (χ3v) is 3.16. The van der Waals surface area contributed by atoms with E-state index in [0.29, 0.717) is 18.7 Å². The lowest BCUT2D eigenvalue weighted by molar-refractivity contribution is -0.117. The van der Waals surface area contributed by atoms with Gasteiger partial charge in [-0.1, -0.05) is 28.3 Å². The van der Waals surface area contributed by atoms with Gasteiger partial charge < -0.3 is 4.90 Å². The van der Waals surface area contributed by atoms with Gasteiger partial charge in [-0.2, -0.15) is 0 Å². The summed E-state index contributed by atoms with van der Waals surface area (Å²) in [5.74, 6) is -0.174. The lowest BCUT2D eigenvalue weighted by Gasteiger charge is -2.17. The van der Waals surface area contributed by atoms with E-state index in [1.807, 2.05) is 0 Å². The van der Waals surface area contributed by atoms with Crippen LogP contribution in [0.25, 0.3) is 10.4 Å². The molecule has 2 rings (SSSR count). The maximum absolute atomic E-state index is 11.9. The molecule has 1 aliphatic rings. The van der Waals surface area contributed by atoms with Gasteiger partial charge in [-0.05, 0) is 11.4 Å². The van der Waals surface area contributed by atoms with Gasteiger partial charge in [-0.25, -0.2) is 9.97 Å². The van der Waals surface area contributed by atoms with E-state index in [1.54, 1.807) is 0 Å². The second-order valence-corrected chi connectivity index (χ2v) is 4.51. The first-order valence-electron chi connectivity index (χ1n) is 5.10. The van der Waals surface area contributed by atoms with Crippen LogP contribution in [0.4, 0.5) is 5.69 Å². The van der Waals surface area contributed by atoms with Crippen LogP contribution in [0.15, 0.2) is 11.4 Å². The highest BCUT2D eigenvalue weighted by Crippen LogP contribution is 2.34. The summed E-state index contributed by atoms with van der Waals surface area (Å²) in [6.07, 6.45) is 1.52. The fraction of sp³-hybridized carbons (Fsp3) is 0.444. The van der Waals surface area contributed by atoms with Crippen LogP contribution in [-0.2, 0) is 4.79 Å². The van der Waals surface area contributed by atoms with Gasteiger partial charge in [0.1, 0.15) is 12.0 Å². The van der Waals surface area contributed by atoms with Crippen LogP contribution >= 0.6 is 23.2 Å². The summed E-state index contributed by atoms with van der Waals surface area (Å²) in [5, 5.41) is 3.73. The minimum Gasteiger partial charge on any atom is -0.307 e. The van der Waals surface area contributed by atoms with Crippen molar-refractivity contribution in [3.63, 3.8) is 0 Å². The molecule has 0 aromatic carbocycles. The van der Waals surface area contributed by atoms with Gasteiger partial charge in [-0.15, -0.1) is 0 Å². The predicted molar refractivity (Wildman–Crippen MR) is 66.5 cm³/mol. The monoisotopic (exact) mass is 286 g/mol. The Balaban J connectivity index is 2.24. The van der Waals surface area contributed by atoms with Crippen LogP contribution < -0.4 is 4.90 Å². The molecule has 1 unspecified atom stereocenters. The number of anilines is 1. The number of hydrogen-bond donors (Lipinski definition) is 0. The SMILES string of the molecule is [N-]=[N+]=NCC1CC(=O)N(c2c(Cl)ncnc2Cl)C1. The second kappa shape index (κ2) is 5.39. The molecule has 9 heteroatoms. The molecule has 1 atom stereocenters. The molecule has 0 spiro atoms. The molecular formula is C9H8Cl2N6O. The molecule has 1 amide bonds. The zero-order valence-corrected chi connectivity index (χ0v) is 10.6.